The standard InChI is InChI=1S/C12H17N3O2/c1-8-6-11(10(3)16-8)9(2)13-5-4-12-14-7-15-17-12/h6-7,9,13H,4-5H2,1-3H3. The Labute approximate surface area is 100 Å². The predicted molar refractivity (Wildman–Crippen MR) is 62.6 cm³/mol. The largest absolute Gasteiger partial charge is 0.466 e. The highest BCUT2D eigenvalue weighted by Gasteiger charge is 2.12. The summed E-state index contributed by atoms with van der Waals surface area (Å²) in [6.45, 7) is 6.86. The average Bonchev–Trinajstić information content (AvgIpc) is 2.88. The van der Waals surface area contributed by atoms with Gasteiger partial charge in [-0.3, -0.25) is 0 Å². The van der Waals surface area contributed by atoms with E-state index in [9.17, 15) is 0 Å². The van der Waals surface area contributed by atoms with Gasteiger partial charge >= 0.3 is 0 Å². The van der Waals surface area contributed by atoms with Crippen LogP contribution in [0, 0.1) is 13.8 Å². The molecule has 0 radical (unpaired) electrons. The number of hydrogen-bond acceptors (Lipinski definition) is 5. The molecule has 2 rings (SSSR count). The van der Waals surface area contributed by atoms with Gasteiger partial charge in [-0.1, -0.05) is 5.16 Å². The molecular weight excluding hydrogens is 218 g/mol. The van der Waals surface area contributed by atoms with Crippen LogP contribution in [0.5, 0.6) is 0 Å². The van der Waals surface area contributed by atoms with Gasteiger partial charge in [0.25, 0.3) is 0 Å². The molecule has 5 nitrogen and oxygen atoms in total. The molecule has 0 aliphatic heterocycles. The fourth-order valence-electron chi connectivity index (χ4n) is 1.89. The predicted octanol–water partition coefficient (Wildman–Crippen LogP) is 2.17. The van der Waals surface area contributed by atoms with Gasteiger partial charge in [0, 0.05) is 24.6 Å². The summed E-state index contributed by atoms with van der Waals surface area (Å²) < 4.78 is 10.4. The molecular formula is C12H17N3O2. The van der Waals surface area contributed by atoms with Gasteiger partial charge in [-0.25, -0.2) is 0 Å². The molecule has 2 aromatic rings. The number of rotatable bonds is 5. The molecule has 0 aromatic carbocycles. The number of furan rings is 1. The third-order valence-corrected chi connectivity index (χ3v) is 2.74. The molecule has 2 aromatic heterocycles. The first-order valence-corrected chi connectivity index (χ1v) is 5.72. The summed E-state index contributed by atoms with van der Waals surface area (Å²) >= 11 is 0. The summed E-state index contributed by atoms with van der Waals surface area (Å²) in [6.07, 6.45) is 2.16. The quantitative estimate of drug-likeness (QED) is 0.860. The molecule has 0 aliphatic carbocycles. The lowest BCUT2D eigenvalue weighted by atomic mass is 10.1. The van der Waals surface area contributed by atoms with E-state index in [0.717, 1.165) is 24.5 Å². The minimum absolute atomic E-state index is 0.260. The minimum atomic E-state index is 0.260. The smallest absolute Gasteiger partial charge is 0.227 e. The van der Waals surface area contributed by atoms with Crippen LogP contribution in [0.1, 0.15) is 35.9 Å². The molecule has 5 heteroatoms. The molecule has 2 heterocycles. The Bertz CT molecular complexity index is 462. The van der Waals surface area contributed by atoms with Crippen molar-refractivity contribution in [3.63, 3.8) is 0 Å². The second-order valence-electron chi connectivity index (χ2n) is 4.13. The van der Waals surface area contributed by atoms with Crippen molar-refractivity contribution < 1.29 is 8.94 Å². The van der Waals surface area contributed by atoms with Crippen LogP contribution in [0.2, 0.25) is 0 Å². The third-order valence-electron chi connectivity index (χ3n) is 2.74. The number of aryl methyl sites for hydroxylation is 2. The zero-order valence-corrected chi connectivity index (χ0v) is 10.4. The Morgan fingerprint density at radius 2 is 2.24 bits per heavy atom. The second-order valence-corrected chi connectivity index (χ2v) is 4.13. The first-order valence-electron chi connectivity index (χ1n) is 5.72. The van der Waals surface area contributed by atoms with Crippen molar-refractivity contribution >= 4 is 0 Å². The van der Waals surface area contributed by atoms with Crippen LogP contribution in [0.4, 0.5) is 0 Å². The molecule has 0 fully saturated rings. The molecule has 0 bridgehead atoms. The van der Waals surface area contributed by atoms with E-state index in [2.05, 4.69) is 28.4 Å². The van der Waals surface area contributed by atoms with Gasteiger partial charge in [-0.15, -0.1) is 0 Å². The number of aromatic nitrogens is 2. The van der Waals surface area contributed by atoms with Crippen LogP contribution < -0.4 is 5.32 Å². The lowest BCUT2D eigenvalue weighted by molar-refractivity contribution is 0.372. The van der Waals surface area contributed by atoms with Crippen LogP contribution in [0.15, 0.2) is 21.3 Å². The van der Waals surface area contributed by atoms with E-state index >= 15 is 0 Å². The molecule has 0 amide bonds. The van der Waals surface area contributed by atoms with E-state index in [4.69, 9.17) is 8.94 Å². The fraction of sp³-hybridized carbons (Fsp3) is 0.500. The van der Waals surface area contributed by atoms with Gasteiger partial charge in [0.2, 0.25) is 5.89 Å². The van der Waals surface area contributed by atoms with Crippen molar-refractivity contribution in [1.82, 2.24) is 15.5 Å². The van der Waals surface area contributed by atoms with Crippen molar-refractivity contribution in [3.05, 3.63) is 35.4 Å². The maximum atomic E-state index is 5.51. The SMILES string of the molecule is Cc1cc(C(C)NCCc2ncno2)c(C)o1. The first-order chi connectivity index (χ1) is 8.16. The van der Waals surface area contributed by atoms with Crippen LogP contribution in [-0.2, 0) is 6.42 Å². The highest BCUT2D eigenvalue weighted by atomic mass is 16.5. The topological polar surface area (TPSA) is 64.1 Å². The van der Waals surface area contributed by atoms with Crippen molar-refractivity contribution in [2.75, 3.05) is 6.54 Å². The van der Waals surface area contributed by atoms with E-state index < -0.39 is 0 Å². The summed E-state index contributed by atoms with van der Waals surface area (Å²) in [5.74, 6) is 2.58. The molecule has 17 heavy (non-hydrogen) atoms. The Balaban J connectivity index is 1.85. The van der Waals surface area contributed by atoms with E-state index in [1.807, 2.05) is 13.8 Å². The summed E-state index contributed by atoms with van der Waals surface area (Å²) in [5.41, 5.74) is 1.20. The lowest BCUT2D eigenvalue weighted by Gasteiger charge is -2.11. The summed E-state index contributed by atoms with van der Waals surface area (Å²) in [6, 6.07) is 2.33. The van der Waals surface area contributed by atoms with Crippen LogP contribution in [0.25, 0.3) is 0 Å². The minimum Gasteiger partial charge on any atom is -0.466 e. The average molecular weight is 235 g/mol. The Kier molecular flexibility index (Phi) is 3.58. The zero-order valence-electron chi connectivity index (χ0n) is 10.4. The highest BCUT2D eigenvalue weighted by molar-refractivity contribution is 5.23. The van der Waals surface area contributed by atoms with Gasteiger partial charge < -0.3 is 14.3 Å². The third kappa shape index (κ3) is 2.94. The van der Waals surface area contributed by atoms with Crippen LogP contribution in [-0.4, -0.2) is 16.7 Å². The normalized spacial score (nSPS) is 12.9. The number of nitrogens with zero attached hydrogens (tertiary/aromatic N) is 2. The lowest BCUT2D eigenvalue weighted by Crippen LogP contribution is -2.21. The Hall–Kier alpha value is -1.62. The van der Waals surface area contributed by atoms with Gasteiger partial charge in [-0.05, 0) is 26.8 Å². The Morgan fingerprint density at radius 3 is 2.82 bits per heavy atom. The van der Waals surface area contributed by atoms with Gasteiger partial charge in [0.1, 0.15) is 11.5 Å². The summed E-state index contributed by atoms with van der Waals surface area (Å²) in [4.78, 5) is 3.97. The number of nitrogens with one attached hydrogen (secondary N) is 1. The van der Waals surface area contributed by atoms with Crippen molar-refractivity contribution in [3.8, 4) is 0 Å². The highest BCUT2D eigenvalue weighted by Crippen LogP contribution is 2.20. The fourth-order valence-corrected chi connectivity index (χ4v) is 1.89. The molecule has 1 unspecified atom stereocenters. The monoisotopic (exact) mass is 235 g/mol. The van der Waals surface area contributed by atoms with Gasteiger partial charge in [0.15, 0.2) is 6.33 Å². The molecule has 1 N–H and O–H groups in total. The second kappa shape index (κ2) is 5.14. The molecule has 0 aliphatic rings. The van der Waals surface area contributed by atoms with E-state index in [0.29, 0.717) is 5.89 Å². The molecule has 1 atom stereocenters. The van der Waals surface area contributed by atoms with E-state index in [1.165, 1.54) is 11.9 Å². The molecule has 0 saturated heterocycles. The first kappa shape index (κ1) is 11.9. The zero-order chi connectivity index (χ0) is 12.3. The maximum Gasteiger partial charge on any atom is 0.227 e. The van der Waals surface area contributed by atoms with Gasteiger partial charge in [-0.2, -0.15) is 4.98 Å². The maximum absolute atomic E-state index is 5.51. The summed E-state index contributed by atoms with van der Waals surface area (Å²) in [5, 5.41) is 6.97. The van der Waals surface area contributed by atoms with Crippen molar-refractivity contribution in [1.29, 1.82) is 0 Å². The molecule has 92 valence electrons. The molecule has 0 saturated carbocycles. The van der Waals surface area contributed by atoms with Crippen molar-refractivity contribution in [2.24, 2.45) is 0 Å². The Morgan fingerprint density at radius 1 is 1.41 bits per heavy atom. The van der Waals surface area contributed by atoms with E-state index in [1.54, 1.807) is 0 Å². The number of hydrogen-bond donors (Lipinski definition) is 1. The summed E-state index contributed by atoms with van der Waals surface area (Å²) in [7, 11) is 0. The van der Waals surface area contributed by atoms with E-state index in [-0.39, 0.29) is 6.04 Å². The van der Waals surface area contributed by atoms with Crippen LogP contribution >= 0.6 is 0 Å². The van der Waals surface area contributed by atoms with Crippen LogP contribution in [0.3, 0.4) is 0 Å². The van der Waals surface area contributed by atoms with Gasteiger partial charge in [0.05, 0.1) is 0 Å². The van der Waals surface area contributed by atoms with Crippen molar-refractivity contribution in [2.45, 2.75) is 33.2 Å². The molecule has 0 spiro atoms.